The van der Waals surface area contributed by atoms with Gasteiger partial charge in [-0.2, -0.15) is 0 Å². The summed E-state index contributed by atoms with van der Waals surface area (Å²) in [5.74, 6) is 0. The number of aliphatic hydroxyl groups excluding tert-OH is 1. The molecule has 0 aliphatic heterocycles. The van der Waals surface area contributed by atoms with Crippen LogP contribution in [0.1, 0.15) is 37.9 Å². The lowest BCUT2D eigenvalue weighted by Gasteiger charge is -2.25. The molecule has 2 atom stereocenters. The van der Waals surface area contributed by atoms with E-state index in [0.29, 0.717) is 6.42 Å². The van der Waals surface area contributed by atoms with Crippen molar-refractivity contribution < 1.29 is 5.11 Å². The zero-order chi connectivity index (χ0) is 16.2. The van der Waals surface area contributed by atoms with Crippen LogP contribution in [-0.4, -0.2) is 16.0 Å². The number of halogens is 1. The molecule has 4 heteroatoms. The van der Waals surface area contributed by atoms with Crippen molar-refractivity contribution in [1.29, 1.82) is 0 Å². The molecular weight excluding hydrogens is 326 g/mol. The van der Waals surface area contributed by atoms with E-state index in [1.165, 1.54) is 0 Å². The van der Waals surface area contributed by atoms with E-state index in [1.807, 2.05) is 48.5 Å². The van der Waals surface area contributed by atoms with Crippen LogP contribution in [0.4, 0.5) is 0 Å². The first-order valence-corrected chi connectivity index (χ1v) is 8.44. The van der Waals surface area contributed by atoms with Gasteiger partial charge in [0, 0.05) is 16.1 Å². The van der Waals surface area contributed by atoms with Crippen LogP contribution in [-0.2, 0) is 6.42 Å². The maximum atomic E-state index is 10.5. The van der Waals surface area contributed by atoms with Crippen molar-refractivity contribution in [2.45, 2.75) is 49.0 Å². The molecule has 23 heavy (non-hydrogen) atoms. The number of benzene rings is 2. The fourth-order valence-electron chi connectivity index (χ4n) is 2.37. The van der Waals surface area contributed by atoms with Crippen LogP contribution >= 0.6 is 24.2 Å². The molecule has 3 N–H and O–H groups in total. The molecule has 2 rings (SSSR count). The average Bonchev–Trinajstić information content (AvgIpc) is 2.46. The van der Waals surface area contributed by atoms with Crippen molar-refractivity contribution in [1.82, 2.24) is 0 Å². The lowest BCUT2D eigenvalue weighted by Crippen LogP contribution is -2.28. The Morgan fingerprint density at radius 3 is 2.17 bits per heavy atom. The topological polar surface area (TPSA) is 46.2 Å². The Labute approximate surface area is 149 Å². The molecule has 0 heterocycles. The van der Waals surface area contributed by atoms with Crippen molar-refractivity contribution in [3.8, 4) is 0 Å². The average molecular weight is 352 g/mol. The van der Waals surface area contributed by atoms with E-state index in [2.05, 4.69) is 26.8 Å². The van der Waals surface area contributed by atoms with E-state index < -0.39 is 6.10 Å². The molecule has 0 aliphatic rings. The van der Waals surface area contributed by atoms with Gasteiger partial charge in [0.15, 0.2) is 0 Å². The van der Waals surface area contributed by atoms with Crippen molar-refractivity contribution in [3.05, 3.63) is 65.7 Å². The van der Waals surface area contributed by atoms with Gasteiger partial charge >= 0.3 is 0 Å². The van der Waals surface area contributed by atoms with Gasteiger partial charge in [0.25, 0.3) is 0 Å². The summed E-state index contributed by atoms with van der Waals surface area (Å²) < 4.78 is 0.111. The molecule has 2 nitrogen and oxygen atoms in total. The molecule has 0 aliphatic carbocycles. The van der Waals surface area contributed by atoms with Gasteiger partial charge in [-0.25, -0.2) is 0 Å². The van der Waals surface area contributed by atoms with Gasteiger partial charge in [0.2, 0.25) is 0 Å². The van der Waals surface area contributed by atoms with Gasteiger partial charge in [-0.1, -0.05) is 69.3 Å². The van der Waals surface area contributed by atoms with Crippen molar-refractivity contribution in [3.63, 3.8) is 0 Å². The van der Waals surface area contributed by atoms with Gasteiger partial charge in [-0.15, -0.1) is 24.2 Å². The minimum absolute atomic E-state index is 0. The summed E-state index contributed by atoms with van der Waals surface area (Å²) in [6.45, 7) is 6.54. The Kier molecular flexibility index (Phi) is 7.62. The molecule has 0 amide bonds. The minimum atomic E-state index is -0.593. The number of hydrogen-bond donors (Lipinski definition) is 2. The quantitative estimate of drug-likeness (QED) is 0.774. The van der Waals surface area contributed by atoms with E-state index in [1.54, 1.807) is 11.8 Å². The molecule has 0 saturated heterocycles. The summed E-state index contributed by atoms with van der Waals surface area (Å²) in [5.41, 5.74) is 8.47. The molecule has 0 unspecified atom stereocenters. The van der Waals surface area contributed by atoms with Crippen LogP contribution < -0.4 is 5.73 Å². The van der Waals surface area contributed by atoms with Gasteiger partial charge < -0.3 is 10.8 Å². The van der Waals surface area contributed by atoms with Crippen LogP contribution in [0.5, 0.6) is 0 Å². The summed E-state index contributed by atoms with van der Waals surface area (Å²) in [6.07, 6.45) is -0.0274. The molecule has 0 saturated carbocycles. The summed E-state index contributed by atoms with van der Waals surface area (Å²) in [4.78, 5) is 1.15. The van der Waals surface area contributed by atoms with Crippen LogP contribution in [0, 0.1) is 0 Å². The molecular formula is C19H26ClNOS. The van der Waals surface area contributed by atoms with E-state index in [0.717, 1.165) is 16.0 Å². The fourth-order valence-corrected chi connectivity index (χ4v) is 3.50. The Balaban J connectivity index is 0.00000264. The Morgan fingerprint density at radius 1 is 1.00 bits per heavy atom. The second-order valence-electron chi connectivity index (χ2n) is 6.54. The standard InChI is InChI=1S/C19H25NOS.ClH/c1-19(2,3)22-17-12-8-7-11-15(17)18(20)16(21)13-14-9-5-4-6-10-14;/h4-12,16,18,21H,13,20H2,1-3H3;1H/t16-,18+;/m1./s1. The predicted molar refractivity (Wildman–Crippen MR) is 102 cm³/mol. The molecule has 0 radical (unpaired) electrons. The highest BCUT2D eigenvalue weighted by molar-refractivity contribution is 8.00. The van der Waals surface area contributed by atoms with E-state index >= 15 is 0 Å². The van der Waals surface area contributed by atoms with E-state index in [-0.39, 0.29) is 23.2 Å². The first kappa shape index (κ1) is 20.0. The van der Waals surface area contributed by atoms with Crippen LogP contribution in [0.25, 0.3) is 0 Å². The molecule has 126 valence electrons. The molecule has 2 aromatic rings. The molecule has 0 spiro atoms. The van der Waals surface area contributed by atoms with Gasteiger partial charge in [0.05, 0.1) is 12.1 Å². The lowest BCUT2D eigenvalue weighted by atomic mass is 9.97. The Bertz CT molecular complexity index is 598. The second-order valence-corrected chi connectivity index (χ2v) is 8.40. The highest BCUT2D eigenvalue weighted by Crippen LogP contribution is 2.36. The van der Waals surface area contributed by atoms with Crippen molar-refractivity contribution >= 4 is 24.2 Å². The summed E-state index contributed by atoms with van der Waals surface area (Å²) in [5, 5.41) is 10.5. The number of thioether (sulfide) groups is 1. The first-order valence-electron chi connectivity index (χ1n) is 7.62. The highest BCUT2D eigenvalue weighted by atomic mass is 35.5. The Morgan fingerprint density at radius 2 is 1.57 bits per heavy atom. The number of hydrogen-bond acceptors (Lipinski definition) is 3. The van der Waals surface area contributed by atoms with E-state index in [9.17, 15) is 5.11 Å². The van der Waals surface area contributed by atoms with Gasteiger partial charge in [-0.3, -0.25) is 0 Å². The van der Waals surface area contributed by atoms with Crippen molar-refractivity contribution in [2.24, 2.45) is 5.73 Å². The van der Waals surface area contributed by atoms with E-state index in [4.69, 9.17) is 5.73 Å². The third kappa shape index (κ3) is 6.19. The minimum Gasteiger partial charge on any atom is -0.391 e. The summed E-state index contributed by atoms with van der Waals surface area (Å²) >= 11 is 1.79. The molecule has 0 fully saturated rings. The van der Waals surface area contributed by atoms with Crippen LogP contribution in [0.2, 0.25) is 0 Å². The molecule has 2 aromatic carbocycles. The zero-order valence-corrected chi connectivity index (χ0v) is 15.5. The number of nitrogens with two attached hydrogens (primary N) is 1. The predicted octanol–water partition coefficient (Wildman–Crippen LogP) is 4.60. The third-order valence-electron chi connectivity index (χ3n) is 3.40. The van der Waals surface area contributed by atoms with Gasteiger partial charge in [0.1, 0.15) is 0 Å². The van der Waals surface area contributed by atoms with Crippen molar-refractivity contribution in [2.75, 3.05) is 0 Å². The SMILES string of the molecule is CC(C)(C)Sc1ccccc1[C@H](N)[C@H](O)Cc1ccccc1.Cl. The smallest absolute Gasteiger partial charge is 0.0773 e. The van der Waals surface area contributed by atoms with Crippen LogP contribution in [0.3, 0.4) is 0 Å². The number of rotatable bonds is 5. The third-order valence-corrected chi connectivity index (χ3v) is 4.60. The monoisotopic (exact) mass is 351 g/mol. The summed E-state index contributed by atoms with van der Waals surface area (Å²) in [6, 6.07) is 17.7. The maximum absolute atomic E-state index is 10.5. The van der Waals surface area contributed by atoms with Gasteiger partial charge in [-0.05, 0) is 17.2 Å². The summed E-state index contributed by atoms with van der Waals surface area (Å²) in [7, 11) is 0. The highest BCUT2D eigenvalue weighted by Gasteiger charge is 2.22. The second kappa shape index (κ2) is 8.74. The molecule has 0 bridgehead atoms. The normalized spacial score (nSPS) is 14.0. The number of aliphatic hydroxyl groups is 1. The molecule has 0 aromatic heterocycles. The largest absolute Gasteiger partial charge is 0.391 e. The first-order chi connectivity index (χ1) is 10.4. The Hall–Kier alpha value is -1.00. The fraction of sp³-hybridized carbons (Fsp3) is 0.368. The lowest BCUT2D eigenvalue weighted by molar-refractivity contribution is 0.144. The maximum Gasteiger partial charge on any atom is 0.0773 e. The zero-order valence-electron chi connectivity index (χ0n) is 13.9. The van der Waals surface area contributed by atoms with Crippen LogP contribution in [0.15, 0.2) is 59.5 Å².